The quantitative estimate of drug-likeness (QED) is 0.854. The number of rotatable bonds is 4. The highest BCUT2D eigenvalue weighted by Crippen LogP contribution is 2.39. The zero-order valence-corrected chi connectivity index (χ0v) is 10.4. The van der Waals surface area contributed by atoms with Crippen LogP contribution in [-0.2, 0) is 4.79 Å². The molecule has 0 aromatic heterocycles. The first kappa shape index (κ1) is 12.4. The van der Waals surface area contributed by atoms with Crippen molar-refractivity contribution in [2.75, 3.05) is 5.32 Å². The van der Waals surface area contributed by atoms with Gasteiger partial charge >= 0.3 is 5.97 Å². The summed E-state index contributed by atoms with van der Waals surface area (Å²) < 4.78 is 0. The average molecular weight is 244 g/mol. The molecule has 1 aromatic carbocycles. The fourth-order valence-electron chi connectivity index (χ4n) is 2.38. The molecule has 2 rings (SSSR count). The van der Waals surface area contributed by atoms with Crippen LogP contribution in [0.15, 0.2) is 18.2 Å². The van der Waals surface area contributed by atoms with Gasteiger partial charge in [0.15, 0.2) is 0 Å². The van der Waals surface area contributed by atoms with Crippen LogP contribution in [0.4, 0.5) is 5.69 Å². The number of anilines is 1. The van der Waals surface area contributed by atoms with E-state index >= 15 is 0 Å². The predicted octanol–water partition coefficient (Wildman–Crippen LogP) is 2.68. The Morgan fingerprint density at radius 3 is 2.78 bits per heavy atom. The Hall–Kier alpha value is -2.02. The van der Waals surface area contributed by atoms with Crippen LogP contribution in [0.3, 0.4) is 0 Å². The van der Waals surface area contributed by atoms with Crippen LogP contribution in [0.5, 0.6) is 0 Å². The summed E-state index contributed by atoms with van der Waals surface area (Å²) in [5, 5.41) is 21.3. The highest BCUT2D eigenvalue weighted by Gasteiger charge is 2.39. The second-order valence-electron chi connectivity index (χ2n) is 4.99. The van der Waals surface area contributed by atoms with E-state index < -0.39 is 5.97 Å². The first-order valence-corrected chi connectivity index (χ1v) is 6.05. The molecule has 2 N–H and O–H groups in total. The van der Waals surface area contributed by atoms with E-state index in [4.69, 9.17) is 10.4 Å². The normalized spacial score (nSPS) is 16.4. The van der Waals surface area contributed by atoms with E-state index in [1.807, 2.05) is 19.1 Å². The van der Waals surface area contributed by atoms with Crippen molar-refractivity contribution < 1.29 is 9.90 Å². The molecule has 18 heavy (non-hydrogen) atoms. The van der Waals surface area contributed by atoms with E-state index in [9.17, 15) is 4.79 Å². The van der Waals surface area contributed by atoms with Crippen LogP contribution in [0.25, 0.3) is 0 Å². The number of nitriles is 1. The molecule has 1 fully saturated rings. The first-order valence-electron chi connectivity index (χ1n) is 6.05. The molecule has 1 aliphatic rings. The molecule has 0 radical (unpaired) electrons. The molecule has 94 valence electrons. The lowest BCUT2D eigenvalue weighted by molar-refractivity contribution is -0.138. The third-order valence-corrected chi connectivity index (χ3v) is 3.50. The van der Waals surface area contributed by atoms with Gasteiger partial charge in [0.05, 0.1) is 17.7 Å². The van der Waals surface area contributed by atoms with Crippen molar-refractivity contribution in [2.45, 2.75) is 38.1 Å². The smallest absolute Gasteiger partial charge is 0.305 e. The minimum Gasteiger partial charge on any atom is -0.481 e. The van der Waals surface area contributed by atoms with Gasteiger partial charge in [0, 0.05) is 5.54 Å². The highest BCUT2D eigenvalue weighted by molar-refractivity contribution is 5.71. The second-order valence-corrected chi connectivity index (χ2v) is 4.99. The van der Waals surface area contributed by atoms with Gasteiger partial charge in [-0.05, 0) is 43.9 Å². The molecule has 0 aliphatic heterocycles. The fraction of sp³-hybridized carbons (Fsp3) is 0.429. The standard InChI is InChI=1S/C14H16N2O2/c1-10-3-4-11(9-15)12(7-10)16-14(5-2-6-14)8-13(17)18/h3-4,7,16H,2,5-6,8H2,1H3,(H,17,18). The number of hydrogen-bond donors (Lipinski definition) is 2. The molecule has 1 saturated carbocycles. The third-order valence-electron chi connectivity index (χ3n) is 3.50. The summed E-state index contributed by atoms with van der Waals surface area (Å²) in [5.74, 6) is -0.798. The van der Waals surface area contributed by atoms with Gasteiger partial charge in [0.2, 0.25) is 0 Å². The largest absolute Gasteiger partial charge is 0.481 e. The molecular weight excluding hydrogens is 228 g/mol. The molecule has 0 heterocycles. The van der Waals surface area contributed by atoms with Crippen LogP contribution < -0.4 is 5.32 Å². The monoisotopic (exact) mass is 244 g/mol. The maximum atomic E-state index is 10.9. The van der Waals surface area contributed by atoms with Gasteiger partial charge in [-0.3, -0.25) is 4.79 Å². The molecule has 0 amide bonds. The predicted molar refractivity (Wildman–Crippen MR) is 68.4 cm³/mol. The Balaban J connectivity index is 2.25. The van der Waals surface area contributed by atoms with Crippen molar-refractivity contribution in [1.82, 2.24) is 0 Å². The summed E-state index contributed by atoms with van der Waals surface area (Å²) in [6.45, 7) is 1.96. The maximum absolute atomic E-state index is 10.9. The molecule has 0 saturated heterocycles. The van der Waals surface area contributed by atoms with E-state index in [0.29, 0.717) is 5.56 Å². The van der Waals surface area contributed by atoms with Crippen molar-refractivity contribution in [2.24, 2.45) is 0 Å². The SMILES string of the molecule is Cc1ccc(C#N)c(NC2(CC(=O)O)CCC2)c1. The van der Waals surface area contributed by atoms with Crippen molar-refractivity contribution in [3.8, 4) is 6.07 Å². The van der Waals surface area contributed by atoms with Crippen molar-refractivity contribution in [3.05, 3.63) is 29.3 Å². The summed E-state index contributed by atoms with van der Waals surface area (Å²) in [6.07, 6.45) is 2.83. The number of nitrogens with one attached hydrogen (secondary N) is 1. The van der Waals surface area contributed by atoms with Crippen molar-refractivity contribution >= 4 is 11.7 Å². The lowest BCUT2D eigenvalue weighted by Crippen LogP contribution is -2.46. The van der Waals surface area contributed by atoms with E-state index in [-0.39, 0.29) is 12.0 Å². The second kappa shape index (κ2) is 4.69. The Morgan fingerprint density at radius 1 is 1.56 bits per heavy atom. The fourth-order valence-corrected chi connectivity index (χ4v) is 2.38. The van der Waals surface area contributed by atoms with Gasteiger partial charge in [0.25, 0.3) is 0 Å². The van der Waals surface area contributed by atoms with E-state index in [1.165, 1.54) is 0 Å². The van der Waals surface area contributed by atoms with Gasteiger partial charge in [-0.15, -0.1) is 0 Å². The van der Waals surface area contributed by atoms with Gasteiger partial charge < -0.3 is 10.4 Å². The maximum Gasteiger partial charge on any atom is 0.305 e. The minimum atomic E-state index is -0.798. The molecule has 1 aliphatic carbocycles. The molecule has 1 aromatic rings. The van der Waals surface area contributed by atoms with E-state index in [1.54, 1.807) is 6.07 Å². The van der Waals surface area contributed by atoms with Gasteiger partial charge in [-0.25, -0.2) is 0 Å². The van der Waals surface area contributed by atoms with E-state index in [2.05, 4.69) is 11.4 Å². The van der Waals surface area contributed by atoms with Gasteiger partial charge in [-0.2, -0.15) is 5.26 Å². The molecule has 4 nitrogen and oxygen atoms in total. The molecule has 4 heteroatoms. The van der Waals surface area contributed by atoms with Crippen molar-refractivity contribution in [3.63, 3.8) is 0 Å². The number of aryl methyl sites for hydroxylation is 1. The van der Waals surface area contributed by atoms with E-state index in [0.717, 1.165) is 30.5 Å². The molecule has 0 spiro atoms. The summed E-state index contributed by atoms with van der Waals surface area (Å²) in [4.78, 5) is 10.9. The number of benzene rings is 1. The number of hydrogen-bond acceptors (Lipinski definition) is 3. The molecule has 0 unspecified atom stereocenters. The first-order chi connectivity index (χ1) is 8.54. The van der Waals surface area contributed by atoms with Crippen LogP contribution in [0, 0.1) is 18.3 Å². The summed E-state index contributed by atoms with van der Waals surface area (Å²) in [5.41, 5.74) is 2.00. The lowest BCUT2D eigenvalue weighted by Gasteiger charge is -2.42. The zero-order chi connectivity index (χ0) is 13.2. The van der Waals surface area contributed by atoms with Gasteiger partial charge in [0.1, 0.15) is 6.07 Å². The number of carbonyl (C=O) groups is 1. The molecule has 0 bridgehead atoms. The Kier molecular flexibility index (Phi) is 3.24. The van der Waals surface area contributed by atoms with Crippen LogP contribution >= 0.6 is 0 Å². The summed E-state index contributed by atoms with van der Waals surface area (Å²) >= 11 is 0. The lowest BCUT2D eigenvalue weighted by atomic mass is 9.74. The average Bonchev–Trinajstić information content (AvgIpc) is 2.26. The summed E-state index contributed by atoms with van der Waals surface area (Å²) in [7, 11) is 0. The zero-order valence-electron chi connectivity index (χ0n) is 10.4. The Labute approximate surface area is 106 Å². The van der Waals surface area contributed by atoms with Crippen LogP contribution in [-0.4, -0.2) is 16.6 Å². The molecule has 0 atom stereocenters. The number of nitrogens with zero attached hydrogens (tertiary/aromatic N) is 1. The Morgan fingerprint density at radius 2 is 2.28 bits per heavy atom. The summed E-state index contributed by atoms with van der Waals surface area (Å²) in [6, 6.07) is 7.69. The number of carboxylic acid groups (broad SMARTS) is 1. The number of aliphatic carboxylic acids is 1. The van der Waals surface area contributed by atoms with Crippen molar-refractivity contribution in [1.29, 1.82) is 5.26 Å². The van der Waals surface area contributed by atoms with Gasteiger partial charge in [-0.1, -0.05) is 6.07 Å². The van der Waals surface area contributed by atoms with Crippen LogP contribution in [0.2, 0.25) is 0 Å². The minimum absolute atomic E-state index is 0.103. The van der Waals surface area contributed by atoms with Crippen LogP contribution in [0.1, 0.15) is 36.8 Å². The number of carboxylic acids is 1. The molecular formula is C14H16N2O2. The topological polar surface area (TPSA) is 73.1 Å². The highest BCUT2D eigenvalue weighted by atomic mass is 16.4. The third kappa shape index (κ3) is 2.45. The Bertz CT molecular complexity index is 513.